The minimum atomic E-state index is -7.69. The molecule has 26 heavy (non-hydrogen) atoms. The summed E-state index contributed by atoms with van der Waals surface area (Å²) in [6.45, 7) is -5.16. The van der Waals surface area contributed by atoms with E-state index in [-0.39, 0.29) is 7.11 Å². The molecule has 0 rings (SSSR count). The zero-order valence-electron chi connectivity index (χ0n) is 12.7. The summed E-state index contributed by atoms with van der Waals surface area (Å²) in [6, 6.07) is 0. The van der Waals surface area contributed by atoms with Gasteiger partial charge in [0, 0.05) is 14.0 Å². The van der Waals surface area contributed by atoms with Crippen LogP contribution in [0, 0.1) is 0 Å². The van der Waals surface area contributed by atoms with E-state index >= 15 is 0 Å². The summed E-state index contributed by atoms with van der Waals surface area (Å²) in [5, 5.41) is 0. The number of carbonyl (C=O) groups excluding carboxylic acids is 1. The van der Waals surface area contributed by atoms with E-state index in [1.807, 2.05) is 0 Å². The molecular formula is C11H10F12O3. The molecule has 0 saturated carbocycles. The molecule has 0 heterocycles. The number of halogens is 12. The average Bonchev–Trinajstić information content (AvgIpc) is 2.44. The predicted octanol–water partition coefficient (Wildman–Crippen LogP) is 4.01. The molecule has 0 bridgehead atoms. The molecule has 0 spiro atoms. The first-order valence-electron chi connectivity index (χ1n) is 6.12. The third kappa shape index (κ3) is 3.67. The molecule has 0 amide bonds. The van der Waals surface area contributed by atoms with Crippen molar-refractivity contribution in [1.29, 1.82) is 0 Å². The number of hydrogen-bond donors (Lipinski definition) is 0. The summed E-state index contributed by atoms with van der Waals surface area (Å²) in [5.74, 6) is -44.1. The smallest absolute Gasteiger partial charge is 0.384 e. The van der Waals surface area contributed by atoms with Crippen molar-refractivity contribution in [3.63, 3.8) is 0 Å². The van der Waals surface area contributed by atoms with Crippen LogP contribution < -0.4 is 0 Å². The number of esters is 1. The van der Waals surface area contributed by atoms with Gasteiger partial charge in [0.05, 0.1) is 0 Å². The fourth-order valence-corrected chi connectivity index (χ4v) is 1.41. The number of ether oxygens (including phenoxy) is 2. The molecule has 0 aliphatic rings. The fourth-order valence-electron chi connectivity index (χ4n) is 1.41. The first-order chi connectivity index (χ1) is 11.2. The van der Waals surface area contributed by atoms with E-state index in [1.165, 1.54) is 0 Å². The Hall–Kier alpha value is -1.41. The van der Waals surface area contributed by atoms with Gasteiger partial charge in [-0.05, 0) is 0 Å². The van der Waals surface area contributed by atoms with Crippen LogP contribution in [0.5, 0.6) is 0 Å². The first kappa shape index (κ1) is 24.6. The van der Waals surface area contributed by atoms with Crippen LogP contribution in [-0.2, 0) is 14.3 Å². The van der Waals surface area contributed by atoms with Gasteiger partial charge in [0.15, 0.2) is 6.61 Å². The summed E-state index contributed by atoms with van der Waals surface area (Å²) < 4.78 is 165. The lowest BCUT2D eigenvalue weighted by molar-refractivity contribution is -0.428. The molecule has 0 atom stereocenters. The molecule has 0 aromatic heterocycles. The highest BCUT2D eigenvalue weighted by atomic mass is 19.4. The van der Waals surface area contributed by atoms with E-state index in [4.69, 9.17) is 0 Å². The van der Waals surface area contributed by atoms with Crippen LogP contribution in [0.15, 0.2) is 0 Å². The van der Waals surface area contributed by atoms with Crippen LogP contribution in [0.25, 0.3) is 0 Å². The SMILES string of the molecule is COCC(F)(F)C(F)(F)C(F)(F)C(F)(F)C(F)(F)C(F)(F)COC(C)=O. The number of alkyl halides is 12. The molecule has 0 N–H and O–H groups in total. The largest absolute Gasteiger partial charge is 0.459 e. The zero-order chi connectivity index (χ0) is 21.4. The Bertz CT molecular complexity index is 517. The van der Waals surface area contributed by atoms with Crippen molar-refractivity contribution < 1.29 is 67.0 Å². The Labute approximate surface area is 137 Å². The van der Waals surface area contributed by atoms with Crippen molar-refractivity contribution in [2.75, 3.05) is 20.3 Å². The van der Waals surface area contributed by atoms with Crippen LogP contribution in [0.1, 0.15) is 6.92 Å². The second kappa shape index (κ2) is 6.96. The van der Waals surface area contributed by atoms with E-state index in [2.05, 4.69) is 9.47 Å². The molecule has 0 aliphatic carbocycles. The minimum absolute atomic E-state index is 0.266. The van der Waals surface area contributed by atoms with Crippen molar-refractivity contribution >= 4 is 5.97 Å². The van der Waals surface area contributed by atoms with Crippen LogP contribution >= 0.6 is 0 Å². The predicted molar refractivity (Wildman–Crippen MR) is 58.2 cm³/mol. The minimum Gasteiger partial charge on any atom is -0.459 e. The van der Waals surface area contributed by atoms with Crippen molar-refractivity contribution in [2.24, 2.45) is 0 Å². The molecule has 0 aromatic carbocycles. The molecule has 0 radical (unpaired) electrons. The summed E-state index contributed by atoms with van der Waals surface area (Å²) >= 11 is 0. The van der Waals surface area contributed by atoms with Crippen molar-refractivity contribution in [2.45, 2.75) is 42.5 Å². The Morgan fingerprint density at radius 2 is 0.962 bits per heavy atom. The molecule has 15 heteroatoms. The van der Waals surface area contributed by atoms with Crippen LogP contribution in [0.3, 0.4) is 0 Å². The Morgan fingerprint density at radius 1 is 0.654 bits per heavy atom. The molecule has 0 aliphatic heterocycles. The molecule has 0 fully saturated rings. The third-order valence-electron chi connectivity index (χ3n) is 2.88. The van der Waals surface area contributed by atoms with Crippen molar-refractivity contribution in [1.82, 2.24) is 0 Å². The van der Waals surface area contributed by atoms with E-state index in [0.717, 1.165) is 0 Å². The quantitative estimate of drug-likeness (QED) is 0.420. The number of rotatable bonds is 9. The third-order valence-corrected chi connectivity index (χ3v) is 2.88. The zero-order valence-corrected chi connectivity index (χ0v) is 12.7. The molecular weight excluding hydrogens is 408 g/mol. The second-order valence-corrected chi connectivity index (χ2v) is 4.92. The highest BCUT2D eigenvalue weighted by Crippen LogP contribution is 2.59. The van der Waals surface area contributed by atoms with Crippen LogP contribution in [-0.4, -0.2) is 61.8 Å². The lowest BCUT2D eigenvalue weighted by Crippen LogP contribution is -2.71. The average molecular weight is 418 g/mol. The van der Waals surface area contributed by atoms with Gasteiger partial charge in [-0.3, -0.25) is 4.79 Å². The van der Waals surface area contributed by atoms with Crippen LogP contribution in [0.4, 0.5) is 52.7 Å². The molecule has 0 aromatic rings. The standard InChI is InChI=1S/C11H10F12O3/c1-5(24)26-4-7(14,15)9(18,19)11(22,23)10(20,21)8(16,17)6(12,13)3-25-2/h3-4H2,1-2H3. The molecule has 3 nitrogen and oxygen atoms in total. The maximum Gasteiger partial charge on any atom is 0.384 e. The van der Waals surface area contributed by atoms with Gasteiger partial charge in [0.1, 0.15) is 6.61 Å². The Morgan fingerprint density at radius 3 is 1.23 bits per heavy atom. The van der Waals surface area contributed by atoms with E-state index in [0.29, 0.717) is 6.92 Å². The van der Waals surface area contributed by atoms with Gasteiger partial charge in [0.2, 0.25) is 0 Å². The maximum absolute atomic E-state index is 13.3. The lowest BCUT2D eigenvalue weighted by Gasteiger charge is -2.41. The number of hydrogen-bond acceptors (Lipinski definition) is 3. The first-order valence-corrected chi connectivity index (χ1v) is 6.12. The Balaban J connectivity index is 6.13. The molecule has 0 unspecified atom stereocenters. The monoisotopic (exact) mass is 418 g/mol. The van der Waals surface area contributed by atoms with Gasteiger partial charge >= 0.3 is 41.5 Å². The summed E-state index contributed by atoms with van der Waals surface area (Å²) in [6.07, 6.45) is 0. The van der Waals surface area contributed by atoms with Crippen molar-refractivity contribution in [3.05, 3.63) is 0 Å². The van der Waals surface area contributed by atoms with Gasteiger partial charge in [0.25, 0.3) is 0 Å². The summed E-state index contributed by atoms with van der Waals surface area (Å²) in [4.78, 5) is 10.3. The maximum atomic E-state index is 13.3. The Kier molecular flexibility index (Phi) is 6.58. The van der Waals surface area contributed by atoms with E-state index in [1.54, 1.807) is 0 Å². The number of methoxy groups -OCH3 is 1. The summed E-state index contributed by atoms with van der Waals surface area (Å²) in [7, 11) is 0.266. The number of carbonyl (C=O) groups is 1. The summed E-state index contributed by atoms with van der Waals surface area (Å²) in [5.41, 5.74) is 0. The fraction of sp³-hybridized carbons (Fsp3) is 0.909. The molecule has 0 saturated heterocycles. The van der Waals surface area contributed by atoms with Gasteiger partial charge in [-0.15, -0.1) is 0 Å². The normalized spacial score (nSPS) is 15.2. The van der Waals surface area contributed by atoms with Gasteiger partial charge in [-0.1, -0.05) is 0 Å². The second-order valence-electron chi connectivity index (χ2n) is 4.92. The van der Waals surface area contributed by atoms with Crippen molar-refractivity contribution in [3.8, 4) is 0 Å². The highest BCUT2D eigenvalue weighted by molar-refractivity contribution is 5.65. The van der Waals surface area contributed by atoms with Gasteiger partial charge in [-0.25, -0.2) is 0 Å². The highest BCUT2D eigenvalue weighted by Gasteiger charge is 2.90. The van der Waals surface area contributed by atoms with Gasteiger partial charge in [-0.2, -0.15) is 52.7 Å². The van der Waals surface area contributed by atoms with E-state index < -0.39 is 54.7 Å². The van der Waals surface area contributed by atoms with E-state index in [9.17, 15) is 57.5 Å². The lowest BCUT2D eigenvalue weighted by atomic mass is 9.91. The topological polar surface area (TPSA) is 35.5 Å². The molecule has 156 valence electrons. The van der Waals surface area contributed by atoms with Crippen LogP contribution in [0.2, 0.25) is 0 Å². The van der Waals surface area contributed by atoms with Gasteiger partial charge < -0.3 is 9.47 Å².